The summed E-state index contributed by atoms with van der Waals surface area (Å²) in [5.74, 6) is -0.878. The molecule has 0 bridgehead atoms. The number of imidazole rings is 1. The maximum atomic E-state index is 11.0. The van der Waals surface area contributed by atoms with Crippen LogP contribution in [0, 0.1) is 6.92 Å². The quantitative estimate of drug-likeness (QED) is 0.898. The summed E-state index contributed by atoms with van der Waals surface area (Å²) in [7, 11) is 0. The first-order chi connectivity index (χ1) is 9.16. The molecule has 3 rings (SSSR count). The van der Waals surface area contributed by atoms with Crippen molar-refractivity contribution in [1.82, 2.24) is 9.55 Å². The lowest BCUT2D eigenvalue weighted by molar-refractivity contribution is 0.0696. The van der Waals surface area contributed by atoms with Crippen molar-refractivity contribution in [2.75, 3.05) is 0 Å². The van der Waals surface area contributed by atoms with Gasteiger partial charge in [0.25, 0.3) is 0 Å². The monoisotopic (exact) mass is 256 g/mol. The Hall–Kier alpha value is -2.10. The van der Waals surface area contributed by atoms with Crippen molar-refractivity contribution in [3.05, 3.63) is 47.0 Å². The summed E-state index contributed by atoms with van der Waals surface area (Å²) in [5.41, 5.74) is 4.60. The molecule has 2 aromatic rings. The number of rotatable bonds is 2. The van der Waals surface area contributed by atoms with E-state index in [1.54, 1.807) is 6.07 Å². The number of benzene rings is 1. The van der Waals surface area contributed by atoms with Crippen molar-refractivity contribution in [3.63, 3.8) is 0 Å². The number of hydrogen-bond donors (Lipinski definition) is 1. The van der Waals surface area contributed by atoms with E-state index < -0.39 is 5.97 Å². The van der Waals surface area contributed by atoms with E-state index in [0.29, 0.717) is 5.56 Å². The zero-order chi connectivity index (χ0) is 13.4. The fourth-order valence-corrected chi connectivity index (χ4v) is 2.73. The Bertz CT molecular complexity index is 644. The highest BCUT2D eigenvalue weighted by Crippen LogP contribution is 2.24. The van der Waals surface area contributed by atoms with Gasteiger partial charge in [-0.25, -0.2) is 9.78 Å². The zero-order valence-corrected chi connectivity index (χ0v) is 10.9. The van der Waals surface area contributed by atoms with Gasteiger partial charge in [-0.05, 0) is 56.4 Å². The molecule has 0 amide bonds. The molecule has 0 fully saturated rings. The second-order valence-electron chi connectivity index (χ2n) is 5.02. The molecule has 0 spiro atoms. The number of fused-ring (bicyclic) bond motifs is 1. The Morgan fingerprint density at radius 1 is 1.32 bits per heavy atom. The fraction of sp³-hybridized carbons (Fsp3) is 0.333. The molecule has 0 saturated heterocycles. The highest BCUT2D eigenvalue weighted by Gasteiger charge is 2.16. The Labute approximate surface area is 111 Å². The summed E-state index contributed by atoms with van der Waals surface area (Å²) in [5, 5.41) is 9.06. The molecule has 0 unspecified atom stereocenters. The number of nitrogens with zero attached hydrogens (tertiary/aromatic N) is 2. The van der Waals surface area contributed by atoms with Crippen LogP contribution in [-0.4, -0.2) is 20.6 Å². The van der Waals surface area contributed by atoms with Crippen molar-refractivity contribution >= 4 is 5.97 Å². The number of aryl methyl sites for hydroxylation is 2. The van der Waals surface area contributed by atoms with E-state index >= 15 is 0 Å². The zero-order valence-electron chi connectivity index (χ0n) is 10.9. The molecule has 1 aromatic carbocycles. The molecule has 98 valence electrons. The number of carboxylic acids is 1. The van der Waals surface area contributed by atoms with Crippen LogP contribution >= 0.6 is 0 Å². The number of carboxylic acid groups (broad SMARTS) is 1. The third-order valence-corrected chi connectivity index (χ3v) is 3.75. The molecule has 0 saturated carbocycles. The van der Waals surface area contributed by atoms with E-state index in [1.165, 1.54) is 24.2 Å². The second kappa shape index (κ2) is 4.53. The number of aromatic carboxylic acids is 1. The normalized spacial score (nSPS) is 14.2. The summed E-state index contributed by atoms with van der Waals surface area (Å²) < 4.78 is 2.09. The van der Waals surface area contributed by atoms with Crippen molar-refractivity contribution in [2.24, 2.45) is 0 Å². The molecule has 0 atom stereocenters. The third kappa shape index (κ3) is 2.03. The van der Waals surface area contributed by atoms with Gasteiger partial charge in [-0.3, -0.25) is 0 Å². The fourth-order valence-electron chi connectivity index (χ4n) is 2.73. The molecule has 1 aliphatic rings. The van der Waals surface area contributed by atoms with E-state index in [1.807, 2.05) is 25.4 Å². The van der Waals surface area contributed by atoms with Crippen LogP contribution in [0.15, 0.2) is 24.5 Å². The average molecular weight is 256 g/mol. The highest BCUT2D eigenvalue weighted by molar-refractivity contribution is 5.89. The van der Waals surface area contributed by atoms with Gasteiger partial charge in [-0.15, -0.1) is 0 Å². The Morgan fingerprint density at radius 3 is 2.84 bits per heavy atom. The Kier molecular flexibility index (Phi) is 2.85. The van der Waals surface area contributed by atoms with Crippen LogP contribution in [0.5, 0.6) is 0 Å². The summed E-state index contributed by atoms with van der Waals surface area (Å²) in [6, 6.07) is 5.44. The van der Waals surface area contributed by atoms with Crippen LogP contribution in [0.25, 0.3) is 5.69 Å². The number of carbonyl (C=O) groups is 1. The maximum absolute atomic E-state index is 11.0. The largest absolute Gasteiger partial charge is 0.478 e. The van der Waals surface area contributed by atoms with Crippen molar-refractivity contribution in [2.45, 2.75) is 32.6 Å². The van der Waals surface area contributed by atoms with Crippen LogP contribution in [0.3, 0.4) is 0 Å². The molecule has 19 heavy (non-hydrogen) atoms. The average Bonchev–Trinajstić information content (AvgIpc) is 2.82. The van der Waals surface area contributed by atoms with E-state index in [-0.39, 0.29) is 0 Å². The molecule has 1 aliphatic carbocycles. The molecule has 1 N–H and O–H groups in total. The molecule has 1 aromatic heterocycles. The first-order valence-corrected chi connectivity index (χ1v) is 6.56. The molecule has 0 radical (unpaired) electrons. The second-order valence-corrected chi connectivity index (χ2v) is 5.02. The van der Waals surface area contributed by atoms with Crippen molar-refractivity contribution in [1.29, 1.82) is 0 Å². The van der Waals surface area contributed by atoms with Crippen LogP contribution in [-0.2, 0) is 12.8 Å². The minimum Gasteiger partial charge on any atom is -0.478 e. The molecule has 0 aliphatic heterocycles. The van der Waals surface area contributed by atoms with Gasteiger partial charge in [0.1, 0.15) is 0 Å². The molecule has 4 nitrogen and oxygen atoms in total. The van der Waals surface area contributed by atoms with Gasteiger partial charge >= 0.3 is 5.97 Å². The van der Waals surface area contributed by atoms with Gasteiger partial charge in [0, 0.05) is 11.4 Å². The van der Waals surface area contributed by atoms with Gasteiger partial charge in [0.15, 0.2) is 0 Å². The maximum Gasteiger partial charge on any atom is 0.335 e. The lowest BCUT2D eigenvalue weighted by Gasteiger charge is -2.14. The SMILES string of the molecule is Cc1cc(-n2cnc3c2CCCC3)ccc1C(=O)O. The smallest absolute Gasteiger partial charge is 0.335 e. The summed E-state index contributed by atoms with van der Waals surface area (Å²) >= 11 is 0. The first-order valence-electron chi connectivity index (χ1n) is 6.56. The van der Waals surface area contributed by atoms with E-state index in [4.69, 9.17) is 5.11 Å². The van der Waals surface area contributed by atoms with Gasteiger partial charge in [-0.1, -0.05) is 0 Å². The van der Waals surface area contributed by atoms with E-state index in [2.05, 4.69) is 9.55 Å². The minimum atomic E-state index is -0.878. The standard InChI is InChI=1S/C15H16N2O2/c1-10-8-11(6-7-12(10)15(18)19)17-9-16-13-4-2-3-5-14(13)17/h6-9H,2-5H2,1H3,(H,18,19). The highest BCUT2D eigenvalue weighted by atomic mass is 16.4. The van der Waals surface area contributed by atoms with Gasteiger partial charge in [-0.2, -0.15) is 0 Å². The van der Waals surface area contributed by atoms with Crippen LogP contribution in [0.4, 0.5) is 0 Å². The first kappa shape index (κ1) is 12.0. The van der Waals surface area contributed by atoms with Crippen molar-refractivity contribution < 1.29 is 9.90 Å². The lowest BCUT2D eigenvalue weighted by Crippen LogP contribution is -2.07. The third-order valence-electron chi connectivity index (χ3n) is 3.75. The summed E-state index contributed by atoms with van der Waals surface area (Å²) in [6.45, 7) is 1.83. The predicted molar refractivity (Wildman–Crippen MR) is 71.9 cm³/mol. The predicted octanol–water partition coefficient (Wildman–Crippen LogP) is 2.76. The molecule has 1 heterocycles. The van der Waals surface area contributed by atoms with E-state index in [9.17, 15) is 4.79 Å². The van der Waals surface area contributed by atoms with Gasteiger partial charge in [0.05, 0.1) is 17.6 Å². The Balaban J connectivity index is 2.05. The molecule has 4 heteroatoms. The molecular formula is C15H16N2O2. The van der Waals surface area contributed by atoms with Crippen LogP contribution in [0.2, 0.25) is 0 Å². The van der Waals surface area contributed by atoms with Crippen LogP contribution in [0.1, 0.15) is 40.2 Å². The van der Waals surface area contributed by atoms with Gasteiger partial charge < -0.3 is 9.67 Å². The number of hydrogen-bond acceptors (Lipinski definition) is 2. The Morgan fingerprint density at radius 2 is 2.11 bits per heavy atom. The topological polar surface area (TPSA) is 55.1 Å². The van der Waals surface area contributed by atoms with E-state index in [0.717, 1.165) is 24.1 Å². The van der Waals surface area contributed by atoms with Gasteiger partial charge in [0.2, 0.25) is 0 Å². The summed E-state index contributed by atoms with van der Waals surface area (Å²) in [4.78, 5) is 15.5. The minimum absolute atomic E-state index is 0.359. The van der Waals surface area contributed by atoms with Crippen molar-refractivity contribution in [3.8, 4) is 5.69 Å². The molecular weight excluding hydrogens is 240 g/mol. The number of aromatic nitrogens is 2. The van der Waals surface area contributed by atoms with Crippen LogP contribution < -0.4 is 0 Å². The summed E-state index contributed by atoms with van der Waals surface area (Å²) in [6.07, 6.45) is 6.36. The lowest BCUT2D eigenvalue weighted by atomic mass is 10.0.